The molecule has 0 aliphatic rings. The van der Waals surface area contributed by atoms with Gasteiger partial charge in [0.2, 0.25) is 0 Å². The van der Waals surface area contributed by atoms with Crippen molar-refractivity contribution in [3.8, 4) is 6.07 Å². The van der Waals surface area contributed by atoms with E-state index in [9.17, 15) is 9.59 Å². The van der Waals surface area contributed by atoms with E-state index in [1.807, 2.05) is 6.92 Å². The zero-order valence-corrected chi connectivity index (χ0v) is 12.0. The average molecular weight is 283 g/mol. The largest absolute Gasteiger partial charge is 0.480 e. The highest BCUT2D eigenvalue weighted by atomic mass is 16.4. The predicted molar refractivity (Wildman–Crippen MR) is 72.4 cm³/mol. The van der Waals surface area contributed by atoms with Gasteiger partial charge in [-0.3, -0.25) is 4.79 Å². The van der Waals surface area contributed by atoms with Gasteiger partial charge < -0.3 is 20.4 Å². The van der Waals surface area contributed by atoms with E-state index >= 15 is 0 Å². The Morgan fingerprint density at radius 3 is 2.40 bits per heavy atom. The molecule has 7 nitrogen and oxygen atoms in total. The van der Waals surface area contributed by atoms with Gasteiger partial charge in [0.15, 0.2) is 0 Å². The second-order valence-electron chi connectivity index (χ2n) is 4.54. The topological polar surface area (TPSA) is 114 Å². The van der Waals surface area contributed by atoms with E-state index in [4.69, 9.17) is 15.5 Å². The average Bonchev–Trinajstić information content (AvgIpc) is 2.39. The normalized spacial score (nSPS) is 12.7. The number of carboxylic acids is 1. The molecule has 0 rings (SSSR count). The minimum absolute atomic E-state index is 0.103. The van der Waals surface area contributed by atoms with E-state index < -0.39 is 17.9 Å². The van der Waals surface area contributed by atoms with E-state index in [0.29, 0.717) is 13.1 Å². The Hall–Kier alpha value is -2.07. The molecule has 1 atom stereocenters. The minimum Gasteiger partial charge on any atom is -0.480 e. The van der Waals surface area contributed by atoms with Gasteiger partial charge in [-0.05, 0) is 12.8 Å². The number of aliphatic carboxylic acids is 1. The van der Waals surface area contributed by atoms with Gasteiger partial charge in [0, 0.05) is 19.3 Å². The number of nitriles is 1. The molecule has 0 saturated heterocycles. The number of hydrogen-bond donors (Lipinski definition) is 3. The molecule has 0 bridgehead atoms. The summed E-state index contributed by atoms with van der Waals surface area (Å²) in [5, 5.41) is 29.2. The summed E-state index contributed by atoms with van der Waals surface area (Å²) in [6.07, 6.45) is 1.32. The Kier molecular flexibility index (Phi) is 8.01. The third-order valence-electron chi connectivity index (χ3n) is 2.69. The molecule has 0 saturated carbocycles. The summed E-state index contributed by atoms with van der Waals surface area (Å²) < 4.78 is 0. The molecule has 0 fully saturated rings. The van der Waals surface area contributed by atoms with Crippen molar-refractivity contribution in [3.63, 3.8) is 0 Å². The number of nitrogens with one attached hydrogen (secondary N) is 1. The molecule has 0 aromatic carbocycles. The van der Waals surface area contributed by atoms with Crippen LogP contribution in [0.4, 0.5) is 0 Å². The molecule has 0 aliphatic carbocycles. The monoisotopic (exact) mass is 283 g/mol. The molecule has 3 N–H and O–H groups in total. The highest BCUT2D eigenvalue weighted by Gasteiger charge is 2.25. The van der Waals surface area contributed by atoms with Gasteiger partial charge in [0.1, 0.15) is 17.7 Å². The molecule has 0 spiro atoms. The summed E-state index contributed by atoms with van der Waals surface area (Å²) in [5.41, 5.74) is -0.188. The van der Waals surface area contributed by atoms with Crippen LogP contribution in [0.5, 0.6) is 0 Å². The molecule has 112 valence electrons. The summed E-state index contributed by atoms with van der Waals surface area (Å²) in [5.74, 6) is -2.17. The Morgan fingerprint density at radius 2 is 2.05 bits per heavy atom. The fourth-order valence-corrected chi connectivity index (χ4v) is 1.50. The van der Waals surface area contributed by atoms with Crippen LogP contribution in [0.1, 0.15) is 20.8 Å². The smallest absolute Gasteiger partial charge is 0.326 e. The predicted octanol–water partition coefficient (Wildman–Crippen LogP) is -0.0665. The van der Waals surface area contributed by atoms with E-state index in [2.05, 4.69) is 5.32 Å². The van der Waals surface area contributed by atoms with Crippen molar-refractivity contribution in [2.45, 2.75) is 26.8 Å². The number of nitrogens with zero attached hydrogens (tertiary/aromatic N) is 2. The molecule has 0 heterocycles. The number of amides is 1. The summed E-state index contributed by atoms with van der Waals surface area (Å²) >= 11 is 0. The van der Waals surface area contributed by atoms with Crippen LogP contribution in [0.15, 0.2) is 11.8 Å². The van der Waals surface area contributed by atoms with Gasteiger partial charge in [-0.15, -0.1) is 0 Å². The Bertz CT molecular complexity index is 412. The first-order valence-corrected chi connectivity index (χ1v) is 6.37. The highest BCUT2D eigenvalue weighted by molar-refractivity contribution is 5.99. The molecule has 1 unspecified atom stereocenters. The van der Waals surface area contributed by atoms with Crippen molar-refractivity contribution >= 4 is 11.9 Å². The molecule has 0 radical (unpaired) electrons. The lowest BCUT2D eigenvalue weighted by Gasteiger charge is -2.19. The Labute approximate surface area is 118 Å². The van der Waals surface area contributed by atoms with Gasteiger partial charge in [-0.2, -0.15) is 5.26 Å². The zero-order valence-electron chi connectivity index (χ0n) is 12.0. The van der Waals surface area contributed by atoms with Crippen LogP contribution in [0.25, 0.3) is 0 Å². The number of likely N-dealkylation sites (N-methyl/N-ethyl adjacent to an activating group) is 1. The van der Waals surface area contributed by atoms with Crippen LogP contribution in [-0.2, 0) is 9.59 Å². The lowest BCUT2D eigenvalue weighted by Crippen LogP contribution is -2.45. The van der Waals surface area contributed by atoms with Crippen LogP contribution >= 0.6 is 0 Å². The maximum absolute atomic E-state index is 11.9. The number of carboxylic acid groups (broad SMARTS) is 1. The van der Waals surface area contributed by atoms with Gasteiger partial charge in [0.25, 0.3) is 5.91 Å². The van der Waals surface area contributed by atoms with E-state index in [0.717, 1.165) is 0 Å². The van der Waals surface area contributed by atoms with E-state index in [1.165, 1.54) is 6.20 Å². The number of aliphatic hydroxyl groups excluding tert-OH is 1. The van der Waals surface area contributed by atoms with Crippen molar-refractivity contribution in [1.82, 2.24) is 10.2 Å². The molecule has 7 heteroatoms. The standard InChI is InChI=1S/C13H21N3O4/c1-4-16(5-6-17)8-10(7-14)12(18)15-11(9(2)3)13(19)20/h8-9,11,17H,4-6H2,1-3H3,(H,15,18)(H,19,20)/b10-8-. The van der Waals surface area contributed by atoms with Crippen LogP contribution in [0.3, 0.4) is 0 Å². The van der Waals surface area contributed by atoms with E-state index in [1.54, 1.807) is 24.8 Å². The van der Waals surface area contributed by atoms with Gasteiger partial charge in [0.05, 0.1) is 6.61 Å². The molecule has 0 aromatic heterocycles. The molecule has 1 amide bonds. The second-order valence-corrected chi connectivity index (χ2v) is 4.54. The SMILES string of the molecule is CCN(/C=C(/C#N)C(=O)NC(C(=O)O)C(C)C)CCO. The molecular weight excluding hydrogens is 262 g/mol. The first kappa shape index (κ1) is 17.9. The van der Waals surface area contributed by atoms with Crippen molar-refractivity contribution in [3.05, 3.63) is 11.8 Å². The minimum atomic E-state index is -1.15. The summed E-state index contributed by atoms with van der Waals surface area (Å²) in [7, 11) is 0. The number of hydrogen-bond acceptors (Lipinski definition) is 5. The first-order chi connectivity index (χ1) is 9.37. The highest BCUT2D eigenvalue weighted by Crippen LogP contribution is 2.04. The third-order valence-corrected chi connectivity index (χ3v) is 2.69. The Morgan fingerprint density at radius 1 is 1.45 bits per heavy atom. The molecule has 20 heavy (non-hydrogen) atoms. The maximum atomic E-state index is 11.9. The number of aliphatic hydroxyl groups is 1. The number of rotatable bonds is 8. The quantitative estimate of drug-likeness (QED) is 0.424. The summed E-state index contributed by atoms with van der Waals surface area (Å²) in [4.78, 5) is 24.5. The van der Waals surface area contributed by atoms with Crippen LogP contribution in [0.2, 0.25) is 0 Å². The summed E-state index contributed by atoms with van der Waals surface area (Å²) in [6.45, 7) is 5.85. The molecule has 0 aliphatic heterocycles. The lowest BCUT2D eigenvalue weighted by molar-refractivity contribution is -0.142. The second kappa shape index (κ2) is 8.93. The molecular formula is C13H21N3O4. The zero-order chi connectivity index (χ0) is 15.7. The first-order valence-electron chi connectivity index (χ1n) is 6.37. The number of carbonyl (C=O) groups excluding carboxylic acids is 1. The summed E-state index contributed by atoms with van der Waals surface area (Å²) in [6, 6.07) is 0.692. The van der Waals surface area contributed by atoms with Gasteiger partial charge >= 0.3 is 5.97 Å². The third kappa shape index (κ3) is 5.71. The fraction of sp³-hybridized carbons (Fsp3) is 0.615. The van der Waals surface area contributed by atoms with Crippen LogP contribution in [-0.4, -0.2) is 52.7 Å². The lowest BCUT2D eigenvalue weighted by atomic mass is 10.0. The van der Waals surface area contributed by atoms with Gasteiger partial charge in [-0.1, -0.05) is 13.8 Å². The molecule has 0 aromatic rings. The maximum Gasteiger partial charge on any atom is 0.326 e. The Balaban J connectivity index is 4.99. The van der Waals surface area contributed by atoms with Crippen molar-refractivity contribution in [2.75, 3.05) is 19.7 Å². The van der Waals surface area contributed by atoms with Crippen molar-refractivity contribution in [1.29, 1.82) is 5.26 Å². The van der Waals surface area contributed by atoms with Crippen LogP contribution in [0, 0.1) is 17.2 Å². The van der Waals surface area contributed by atoms with E-state index in [-0.39, 0.29) is 18.1 Å². The van der Waals surface area contributed by atoms with Crippen molar-refractivity contribution < 1.29 is 19.8 Å². The number of carbonyl (C=O) groups is 2. The fourth-order valence-electron chi connectivity index (χ4n) is 1.50. The van der Waals surface area contributed by atoms with Gasteiger partial charge in [-0.25, -0.2) is 4.79 Å². The van der Waals surface area contributed by atoms with Crippen molar-refractivity contribution in [2.24, 2.45) is 5.92 Å². The van der Waals surface area contributed by atoms with Crippen LogP contribution < -0.4 is 5.32 Å².